The van der Waals surface area contributed by atoms with Gasteiger partial charge in [-0.2, -0.15) is 0 Å². The fourth-order valence-electron chi connectivity index (χ4n) is 1.70. The monoisotopic (exact) mass is 416 g/mol. The minimum Gasteiger partial charge on any atom is -0.460 e. The van der Waals surface area contributed by atoms with E-state index in [1.165, 1.54) is 29.5 Å². The first-order chi connectivity index (χ1) is 12.4. The lowest BCUT2D eigenvalue weighted by Crippen LogP contribution is -2.37. The van der Waals surface area contributed by atoms with Crippen molar-refractivity contribution in [1.82, 2.24) is 15.5 Å². The Balaban J connectivity index is 1.72. The number of halogens is 2. The van der Waals surface area contributed by atoms with E-state index in [1.807, 2.05) is 6.92 Å². The van der Waals surface area contributed by atoms with Crippen LogP contribution in [-0.4, -0.2) is 41.1 Å². The van der Waals surface area contributed by atoms with Gasteiger partial charge in [0.15, 0.2) is 0 Å². The molecule has 1 aromatic heterocycles. The van der Waals surface area contributed by atoms with Gasteiger partial charge in [-0.05, 0) is 24.6 Å². The van der Waals surface area contributed by atoms with E-state index in [1.54, 1.807) is 0 Å². The van der Waals surface area contributed by atoms with Crippen molar-refractivity contribution >= 4 is 57.5 Å². The molecule has 0 saturated carbocycles. The number of anilines is 1. The summed E-state index contributed by atoms with van der Waals surface area (Å²) >= 11 is 12.8. The van der Waals surface area contributed by atoms with Crippen LogP contribution in [0.25, 0.3) is 0 Å². The van der Waals surface area contributed by atoms with Gasteiger partial charge in [0, 0.05) is 0 Å². The number of aryl methyl sites for hydroxylation is 1. The Morgan fingerprint density at radius 3 is 2.58 bits per heavy atom. The van der Waals surface area contributed by atoms with Crippen molar-refractivity contribution in [3.8, 4) is 0 Å². The maximum Gasteiger partial charge on any atom is 0.338 e. The molecular weight excluding hydrogens is 403 g/mol. The van der Waals surface area contributed by atoms with E-state index in [0.717, 1.165) is 5.01 Å². The Morgan fingerprint density at radius 1 is 1.15 bits per heavy atom. The van der Waals surface area contributed by atoms with Crippen molar-refractivity contribution < 1.29 is 19.1 Å². The maximum atomic E-state index is 11.8. The van der Waals surface area contributed by atoms with Crippen LogP contribution in [0.5, 0.6) is 0 Å². The van der Waals surface area contributed by atoms with Crippen LogP contribution in [0.4, 0.5) is 5.13 Å². The average Bonchev–Trinajstić information content (AvgIpc) is 3.08. The molecule has 2 rings (SSSR count). The summed E-state index contributed by atoms with van der Waals surface area (Å²) < 4.78 is 4.98. The van der Waals surface area contributed by atoms with Gasteiger partial charge in [-0.1, -0.05) is 41.5 Å². The van der Waals surface area contributed by atoms with Gasteiger partial charge in [-0.15, -0.1) is 10.2 Å². The van der Waals surface area contributed by atoms with Gasteiger partial charge < -0.3 is 10.1 Å². The Bertz CT molecular complexity index is 828. The van der Waals surface area contributed by atoms with Gasteiger partial charge in [0.05, 0.1) is 22.2 Å². The molecule has 1 aromatic carbocycles. The first kappa shape index (κ1) is 20.1. The fraction of sp³-hybridized carbons (Fsp3) is 0.267. The number of hydrogen-bond acceptors (Lipinski definition) is 7. The molecule has 0 radical (unpaired) electrons. The Hall–Kier alpha value is -2.23. The standard InChI is InChI=1S/C15H14Cl2N4O4S/c1-2-11-20-21-15(26-11)19-13(23)12(22)18-5-6-25-14(24)8-3-4-9(16)10(17)7-8/h3-4,7H,2,5-6H2,1H3,(H,18,22)(H,19,21,23). The molecule has 2 amide bonds. The molecular formula is C15H14Cl2N4O4S. The molecule has 11 heteroatoms. The molecule has 0 aliphatic carbocycles. The lowest BCUT2D eigenvalue weighted by Gasteiger charge is -2.07. The second-order valence-corrected chi connectivity index (χ2v) is 6.71. The van der Waals surface area contributed by atoms with E-state index in [0.29, 0.717) is 11.4 Å². The summed E-state index contributed by atoms with van der Waals surface area (Å²) in [4.78, 5) is 35.2. The molecule has 1 heterocycles. The van der Waals surface area contributed by atoms with Crippen LogP contribution in [-0.2, 0) is 20.7 Å². The molecule has 0 atom stereocenters. The predicted molar refractivity (Wildman–Crippen MR) is 97.7 cm³/mol. The van der Waals surface area contributed by atoms with E-state index in [2.05, 4.69) is 20.8 Å². The number of esters is 1. The van der Waals surface area contributed by atoms with Crippen LogP contribution < -0.4 is 10.6 Å². The first-order valence-electron chi connectivity index (χ1n) is 7.44. The highest BCUT2D eigenvalue weighted by atomic mass is 35.5. The number of aromatic nitrogens is 2. The van der Waals surface area contributed by atoms with E-state index < -0.39 is 17.8 Å². The topological polar surface area (TPSA) is 110 Å². The van der Waals surface area contributed by atoms with Crippen LogP contribution in [0.3, 0.4) is 0 Å². The minimum absolute atomic E-state index is 0.0321. The van der Waals surface area contributed by atoms with Crippen LogP contribution in [0.15, 0.2) is 18.2 Å². The normalized spacial score (nSPS) is 10.3. The van der Waals surface area contributed by atoms with Gasteiger partial charge in [-0.3, -0.25) is 14.9 Å². The molecule has 2 aromatic rings. The number of carbonyl (C=O) groups is 3. The minimum atomic E-state index is -0.875. The Morgan fingerprint density at radius 2 is 1.92 bits per heavy atom. The molecule has 2 N–H and O–H groups in total. The third-order valence-electron chi connectivity index (χ3n) is 2.97. The number of nitrogens with one attached hydrogen (secondary N) is 2. The van der Waals surface area contributed by atoms with Gasteiger partial charge in [0.25, 0.3) is 0 Å². The molecule has 8 nitrogen and oxygen atoms in total. The molecule has 26 heavy (non-hydrogen) atoms. The van der Waals surface area contributed by atoms with Gasteiger partial charge in [0.2, 0.25) is 5.13 Å². The van der Waals surface area contributed by atoms with Gasteiger partial charge in [-0.25, -0.2) is 4.79 Å². The summed E-state index contributed by atoms with van der Waals surface area (Å²) in [6, 6.07) is 4.32. The quantitative estimate of drug-likeness (QED) is 0.424. The third-order valence-corrected chi connectivity index (χ3v) is 4.69. The Kier molecular flexibility index (Phi) is 7.31. The highest BCUT2D eigenvalue weighted by molar-refractivity contribution is 7.15. The predicted octanol–water partition coefficient (Wildman–Crippen LogP) is 2.32. The van der Waals surface area contributed by atoms with E-state index in [-0.39, 0.29) is 28.9 Å². The second kappa shape index (κ2) is 9.46. The number of ether oxygens (including phenoxy) is 1. The highest BCUT2D eigenvalue weighted by Crippen LogP contribution is 2.22. The summed E-state index contributed by atoms with van der Waals surface area (Å²) in [7, 11) is 0. The summed E-state index contributed by atoms with van der Waals surface area (Å²) in [6.45, 7) is 1.75. The number of benzene rings is 1. The molecule has 0 aliphatic rings. The number of carbonyl (C=O) groups excluding carboxylic acids is 3. The zero-order chi connectivity index (χ0) is 19.1. The van der Waals surface area contributed by atoms with E-state index in [4.69, 9.17) is 27.9 Å². The fourth-order valence-corrected chi connectivity index (χ4v) is 2.67. The van der Waals surface area contributed by atoms with Gasteiger partial charge in [0.1, 0.15) is 11.6 Å². The number of nitrogens with zero attached hydrogens (tertiary/aromatic N) is 2. The van der Waals surface area contributed by atoms with Crippen molar-refractivity contribution in [1.29, 1.82) is 0 Å². The molecule has 0 saturated heterocycles. The molecule has 0 unspecified atom stereocenters. The van der Waals surface area contributed by atoms with E-state index >= 15 is 0 Å². The molecule has 0 bridgehead atoms. The van der Waals surface area contributed by atoms with Crippen LogP contribution in [0, 0.1) is 0 Å². The lowest BCUT2D eigenvalue weighted by atomic mass is 10.2. The SMILES string of the molecule is CCc1nnc(NC(=O)C(=O)NCCOC(=O)c2ccc(Cl)c(Cl)c2)s1. The number of rotatable bonds is 6. The van der Waals surface area contributed by atoms with Crippen LogP contribution in [0.1, 0.15) is 22.3 Å². The highest BCUT2D eigenvalue weighted by Gasteiger charge is 2.16. The summed E-state index contributed by atoms with van der Waals surface area (Å²) in [5.41, 5.74) is 0.228. The second-order valence-electron chi connectivity index (χ2n) is 4.83. The van der Waals surface area contributed by atoms with Crippen molar-refractivity contribution in [2.24, 2.45) is 0 Å². The van der Waals surface area contributed by atoms with Gasteiger partial charge >= 0.3 is 17.8 Å². The number of amides is 2. The molecule has 0 aliphatic heterocycles. The zero-order valence-electron chi connectivity index (χ0n) is 13.5. The van der Waals surface area contributed by atoms with Crippen molar-refractivity contribution in [2.75, 3.05) is 18.5 Å². The molecule has 138 valence electrons. The summed E-state index contributed by atoms with van der Waals surface area (Å²) in [5.74, 6) is -2.37. The van der Waals surface area contributed by atoms with Crippen molar-refractivity contribution in [3.05, 3.63) is 38.8 Å². The van der Waals surface area contributed by atoms with Crippen molar-refractivity contribution in [2.45, 2.75) is 13.3 Å². The summed E-state index contributed by atoms with van der Waals surface area (Å²) in [5, 5.41) is 13.8. The van der Waals surface area contributed by atoms with Crippen LogP contribution >= 0.6 is 34.5 Å². The van der Waals surface area contributed by atoms with Crippen LogP contribution in [0.2, 0.25) is 10.0 Å². The number of hydrogen-bond donors (Lipinski definition) is 2. The van der Waals surface area contributed by atoms with Crippen molar-refractivity contribution in [3.63, 3.8) is 0 Å². The maximum absolute atomic E-state index is 11.8. The van der Waals surface area contributed by atoms with E-state index in [9.17, 15) is 14.4 Å². The third kappa shape index (κ3) is 5.65. The average molecular weight is 417 g/mol. The first-order valence-corrected chi connectivity index (χ1v) is 9.01. The molecule has 0 fully saturated rings. The summed E-state index contributed by atoms with van der Waals surface area (Å²) in [6.07, 6.45) is 0.684. The largest absolute Gasteiger partial charge is 0.460 e. The zero-order valence-corrected chi connectivity index (χ0v) is 15.9. The smallest absolute Gasteiger partial charge is 0.338 e. The Labute approximate surface area is 162 Å². The molecule has 0 spiro atoms. The lowest BCUT2D eigenvalue weighted by molar-refractivity contribution is -0.136.